The van der Waals surface area contributed by atoms with Crippen molar-refractivity contribution in [2.75, 3.05) is 0 Å². The van der Waals surface area contributed by atoms with Gasteiger partial charge in [0.15, 0.2) is 0 Å². The summed E-state index contributed by atoms with van der Waals surface area (Å²) >= 11 is 0. The molecule has 0 fully saturated rings. The molecule has 0 bridgehead atoms. The third kappa shape index (κ3) is 2.67. The van der Waals surface area contributed by atoms with Crippen molar-refractivity contribution in [1.82, 2.24) is 0 Å². The Kier molecular flexibility index (Phi) is 3.81. The van der Waals surface area contributed by atoms with Crippen LogP contribution in [-0.2, 0) is 13.0 Å². The molecular weight excluding hydrogens is 146 g/mol. The minimum absolute atomic E-state index is 0.597. The monoisotopic (exact) mass is 162 g/mol. The van der Waals surface area contributed by atoms with Crippen LogP contribution < -0.4 is 5.73 Å². The van der Waals surface area contributed by atoms with E-state index in [0.29, 0.717) is 6.54 Å². The first-order chi connectivity index (χ1) is 5.86. The molecule has 2 N–H and O–H groups in total. The van der Waals surface area contributed by atoms with Gasteiger partial charge in [-0.05, 0) is 30.0 Å². The summed E-state index contributed by atoms with van der Waals surface area (Å²) in [5.74, 6) is 0. The molecule has 12 heavy (non-hydrogen) atoms. The molecule has 0 aromatic heterocycles. The third-order valence-corrected chi connectivity index (χ3v) is 1.96. The lowest BCUT2D eigenvalue weighted by Crippen LogP contribution is -1.97. The van der Waals surface area contributed by atoms with Gasteiger partial charge >= 0.3 is 0 Å². The molecule has 1 radical (unpaired) electrons. The quantitative estimate of drug-likeness (QED) is 0.722. The van der Waals surface area contributed by atoms with Crippen LogP contribution in [0.5, 0.6) is 0 Å². The minimum Gasteiger partial charge on any atom is -0.326 e. The van der Waals surface area contributed by atoms with Crippen LogP contribution >= 0.6 is 0 Å². The van der Waals surface area contributed by atoms with Crippen LogP contribution in [0.2, 0.25) is 0 Å². The zero-order chi connectivity index (χ0) is 8.81. The molecular formula is C11H16N. The maximum Gasteiger partial charge on any atom is 0.0184 e. The van der Waals surface area contributed by atoms with E-state index in [2.05, 4.69) is 25.1 Å². The Morgan fingerprint density at radius 1 is 1.50 bits per heavy atom. The average molecular weight is 162 g/mol. The second kappa shape index (κ2) is 4.94. The fourth-order valence-corrected chi connectivity index (χ4v) is 1.22. The van der Waals surface area contributed by atoms with Gasteiger partial charge in [0.25, 0.3) is 0 Å². The van der Waals surface area contributed by atoms with E-state index in [4.69, 9.17) is 5.73 Å². The zero-order valence-corrected chi connectivity index (χ0v) is 7.64. The predicted molar refractivity (Wildman–Crippen MR) is 51.8 cm³/mol. The van der Waals surface area contributed by atoms with E-state index >= 15 is 0 Å². The highest BCUT2D eigenvalue weighted by molar-refractivity contribution is 5.22. The zero-order valence-electron chi connectivity index (χ0n) is 7.64. The van der Waals surface area contributed by atoms with Gasteiger partial charge < -0.3 is 5.73 Å². The number of unbranched alkanes of at least 4 members (excludes halogenated alkanes) is 1. The lowest BCUT2D eigenvalue weighted by Gasteiger charge is -2.01. The highest BCUT2D eigenvalue weighted by atomic mass is 14.5. The SMILES string of the molecule is CCCCc1cc[c]c(CN)c1. The molecule has 1 aromatic carbocycles. The summed E-state index contributed by atoms with van der Waals surface area (Å²) in [6, 6.07) is 9.34. The van der Waals surface area contributed by atoms with E-state index in [1.165, 1.54) is 18.4 Å². The number of rotatable bonds is 4. The molecule has 0 amide bonds. The molecule has 65 valence electrons. The van der Waals surface area contributed by atoms with Gasteiger partial charge in [-0.15, -0.1) is 0 Å². The van der Waals surface area contributed by atoms with Crippen LogP contribution in [0.3, 0.4) is 0 Å². The lowest BCUT2D eigenvalue weighted by molar-refractivity contribution is 0.793. The fourth-order valence-electron chi connectivity index (χ4n) is 1.22. The van der Waals surface area contributed by atoms with Crippen molar-refractivity contribution in [3.63, 3.8) is 0 Å². The predicted octanol–water partition coefficient (Wildman–Crippen LogP) is 2.29. The van der Waals surface area contributed by atoms with E-state index in [1.807, 2.05) is 6.07 Å². The van der Waals surface area contributed by atoms with Crippen molar-refractivity contribution >= 4 is 0 Å². The van der Waals surface area contributed by atoms with Gasteiger partial charge in [0, 0.05) is 6.54 Å². The van der Waals surface area contributed by atoms with Crippen LogP contribution in [0, 0.1) is 6.07 Å². The first kappa shape index (κ1) is 9.27. The fraction of sp³-hybridized carbons (Fsp3) is 0.455. The molecule has 0 heterocycles. The first-order valence-corrected chi connectivity index (χ1v) is 4.56. The molecule has 1 rings (SSSR count). The first-order valence-electron chi connectivity index (χ1n) is 4.56. The van der Waals surface area contributed by atoms with Crippen LogP contribution in [0.15, 0.2) is 18.2 Å². The van der Waals surface area contributed by atoms with Crippen molar-refractivity contribution < 1.29 is 0 Å². The summed E-state index contributed by atoms with van der Waals surface area (Å²) in [4.78, 5) is 0. The molecule has 0 spiro atoms. The summed E-state index contributed by atoms with van der Waals surface area (Å²) < 4.78 is 0. The van der Waals surface area contributed by atoms with E-state index in [1.54, 1.807) is 0 Å². The molecule has 0 saturated carbocycles. The number of hydrogen-bond donors (Lipinski definition) is 1. The Labute approximate surface area is 74.6 Å². The van der Waals surface area contributed by atoms with Crippen molar-refractivity contribution in [3.05, 3.63) is 35.4 Å². The molecule has 0 aliphatic carbocycles. The van der Waals surface area contributed by atoms with Gasteiger partial charge in [-0.25, -0.2) is 0 Å². The number of nitrogens with two attached hydrogens (primary N) is 1. The second-order valence-electron chi connectivity index (χ2n) is 3.03. The van der Waals surface area contributed by atoms with Crippen LogP contribution in [-0.4, -0.2) is 0 Å². The van der Waals surface area contributed by atoms with Gasteiger partial charge in [0.05, 0.1) is 0 Å². The second-order valence-corrected chi connectivity index (χ2v) is 3.03. The van der Waals surface area contributed by atoms with Crippen LogP contribution in [0.1, 0.15) is 30.9 Å². The normalized spacial score (nSPS) is 10.2. The maximum atomic E-state index is 5.52. The van der Waals surface area contributed by atoms with Crippen molar-refractivity contribution in [2.24, 2.45) is 5.73 Å². The summed E-state index contributed by atoms with van der Waals surface area (Å²) in [7, 11) is 0. The smallest absolute Gasteiger partial charge is 0.0184 e. The standard InChI is InChI=1S/C11H16N/c1-2-3-5-10-6-4-7-11(8-10)9-12/h4,6,8H,2-3,5,9,12H2,1H3. The lowest BCUT2D eigenvalue weighted by atomic mass is 10.1. The summed E-state index contributed by atoms with van der Waals surface area (Å²) in [5, 5.41) is 0. The molecule has 1 nitrogen and oxygen atoms in total. The maximum absolute atomic E-state index is 5.52. The van der Waals surface area contributed by atoms with Crippen LogP contribution in [0.25, 0.3) is 0 Å². The van der Waals surface area contributed by atoms with Gasteiger partial charge in [0.2, 0.25) is 0 Å². The van der Waals surface area contributed by atoms with Crippen molar-refractivity contribution in [2.45, 2.75) is 32.7 Å². The van der Waals surface area contributed by atoms with E-state index < -0.39 is 0 Å². The Bertz CT molecular complexity index is 230. The summed E-state index contributed by atoms with van der Waals surface area (Å²) in [6.07, 6.45) is 3.67. The minimum atomic E-state index is 0.597. The highest BCUT2D eigenvalue weighted by Gasteiger charge is 1.93. The van der Waals surface area contributed by atoms with Gasteiger partial charge in [0.1, 0.15) is 0 Å². The Hall–Kier alpha value is -0.820. The number of aryl methyl sites for hydroxylation is 1. The van der Waals surface area contributed by atoms with Crippen molar-refractivity contribution in [1.29, 1.82) is 0 Å². The molecule has 1 aromatic rings. The molecule has 0 aliphatic heterocycles. The largest absolute Gasteiger partial charge is 0.326 e. The van der Waals surface area contributed by atoms with Gasteiger partial charge in [-0.1, -0.05) is 31.5 Å². The Balaban J connectivity index is 2.60. The molecule has 0 atom stereocenters. The molecule has 0 saturated heterocycles. The highest BCUT2D eigenvalue weighted by Crippen LogP contribution is 2.07. The van der Waals surface area contributed by atoms with Gasteiger partial charge in [-0.2, -0.15) is 0 Å². The average Bonchev–Trinajstić information content (AvgIpc) is 2.15. The topological polar surface area (TPSA) is 26.0 Å². The Morgan fingerprint density at radius 3 is 3.00 bits per heavy atom. The van der Waals surface area contributed by atoms with Crippen molar-refractivity contribution in [3.8, 4) is 0 Å². The summed E-state index contributed by atoms with van der Waals surface area (Å²) in [6.45, 7) is 2.80. The molecule has 1 heteroatoms. The molecule has 0 unspecified atom stereocenters. The van der Waals surface area contributed by atoms with E-state index in [9.17, 15) is 0 Å². The van der Waals surface area contributed by atoms with Crippen LogP contribution in [0.4, 0.5) is 0 Å². The van der Waals surface area contributed by atoms with Gasteiger partial charge in [-0.3, -0.25) is 0 Å². The van der Waals surface area contributed by atoms with E-state index in [0.717, 1.165) is 12.0 Å². The summed E-state index contributed by atoms with van der Waals surface area (Å²) in [5.41, 5.74) is 8.02. The number of hydrogen-bond acceptors (Lipinski definition) is 1. The third-order valence-electron chi connectivity index (χ3n) is 1.96. The Morgan fingerprint density at radius 2 is 2.33 bits per heavy atom. The molecule has 0 aliphatic rings. The van der Waals surface area contributed by atoms with E-state index in [-0.39, 0.29) is 0 Å². The number of benzene rings is 1.